The molecule has 1 saturated heterocycles. The van der Waals surface area contributed by atoms with Crippen molar-refractivity contribution in [2.45, 2.75) is 45.1 Å². The Morgan fingerprint density at radius 2 is 2.20 bits per heavy atom. The van der Waals surface area contributed by atoms with Crippen molar-refractivity contribution >= 4 is 5.95 Å². The third-order valence-electron chi connectivity index (χ3n) is 5.20. The molecule has 1 aliphatic heterocycles. The van der Waals surface area contributed by atoms with Gasteiger partial charge in [-0.05, 0) is 50.5 Å². The van der Waals surface area contributed by atoms with E-state index in [1.807, 2.05) is 0 Å². The summed E-state index contributed by atoms with van der Waals surface area (Å²) in [7, 11) is 0. The molecule has 20 heavy (non-hydrogen) atoms. The van der Waals surface area contributed by atoms with E-state index >= 15 is 0 Å². The predicted molar refractivity (Wildman–Crippen MR) is 79.9 cm³/mol. The van der Waals surface area contributed by atoms with E-state index in [0.29, 0.717) is 12.0 Å². The SMILES string of the molecule is CC(C)N1CC2Cc3nc(NCC4CC4)ncc3C2C1. The van der Waals surface area contributed by atoms with Crippen LogP contribution in [0.2, 0.25) is 0 Å². The zero-order valence-corrected chi connectivity index (χ0v) is 12.5. The molecule has 2 aliphatic carbocycles. The monoisotopic (exact) mass is 272 g/mol. The number of fused-ring (bicyclic) bond motifs is 3. The van der Waals surface area contributed by atoms with Crippen LogP contribution in [-0.4, -0.2) is 40.5 Å². The van der Waals surface area contributed by atoms with Gasteiger partial charge in [0.05, 0.1) is 0 Å². The number of hydrogen-bond acceptors (Lipinski definition) is 4. The molecule has 1 saturated carbocycles. The normalized spacial score (nSPS) is 28.8. The second-order valence-corrected chi connectivity index (χ2v) is 7.04. The highest BCUT2D eigenvalue weighted by atomic mass is 15.2. The van der Waals surface area contributed by atoms with E-state index in [9.17, 15) is 0 Å². The lowest BCUT2D eigenvalue weighted by molar-refractivity contribution is 0.262. The van der Waals surface area contributed by atoms with Gasteiger partial charge in [0.15, 0.2) is 0 Å². The largest absolute Gasteiger partial charge is 0.354 e. The third kappa shape index (κ3) is 2.20. The molecular weight excluding hydrogens is 248 g/mol. The Morgan fingerprint density at radius 3 is 2.95 bits per heavy atom. The van der Waals surface area contributed by atoms with Crippen molar-refractivity contribution in [3.05, 3.63) is 17.5 Å². The number of likely N-dealkylation sites (tertiary alicyclic amines) is 1. The molecule has 0 amide bonds. The third-order valence-corrected chi connectivity index (χ3v) is 5.20. The first-order valence-corrected chi connectivity index (χ1v) is 8.04. The van der Waals surface area contributed by atoms with Crippen LogP contribution in [-0.2, 0) is 6.42 Å². The van der Waals surface area contributed by atoms with Gasteiger partial charge in [-0.1, -0.05) is 0 Å². The van der Waals surface area contributed by atoms with Crippen molar-refractivity contribution in [3.63, 3.8) is 0 Å². The van der Waals surface area contributed by atoms with Gasteiger partial charge in [-0.2, -0.15) is 0 Å². The fraction of sp³-hybridized carbons (Fsp3) is 0.750. The average molecular weight is 272 g/mol. The van der Waals surface area contributed by atoms with E-state index in [-0.39, 0.29) is 0 Å². The van der Waals surface area contributed by atoms with Crippen LogP contribution in [0, 0.1) is 11.8 Å². The summed E-state index contributed by atoms with van der Waals surface area (Å²) in [5.74, 6) is 3.15. The smallest absolute Gasteiger partial charge is 0.222 e. The van der Waals surface area contributed by atoms with E-state index in [0.717, 1.165) is 30.7 Å². The van der Waals surface area contributed by atoms with Crippen molar-refractivity contribution in [2.24, 2.45) is 11.8 Å². The molecule has 2 heterocycles. The van der Waals surface area contributed by atoms with Gasteiger partial charge < -0.3 is 10.2 Å². The predicted octanol–water partition coefficient (Wildman–Crippen LogP) is 2.28. The van der Waals surface area contributed by atoms with Gasteiger partial charge in [0.25, 0.3) is 0 Å². The summed E-state index contributed by atoms with van der Waals surface area (Å²) >= 11 is 0. The molecule has 1 aromatic rings. The Balaban J connectivity index is 1.48. The summed E-state index contributed by atoms with van der Waals surface area (Å²) in [5.41, 5.74) is 2.71. The molecule has 2 unspecified atom stereocenters. The number of rotatable bonds is 4. The first-order valence-electron chi connectivity index (χ1n) is 8.04. The number of hydrogen-bond donors (Lipinski definition) is 1. The molecule has 108 valence electrons. The zero-order valence-electron chi connectivity index (χ0n) is 12.5. The molecule has 1 aromatic heterocycles. The summed E-state index contributed by atoms with van der Waals surface area (Å²) in [4.78, 5) is 11.9. The first kappa shape index (κ1) is 12.6. The molecule has 0 radical (unpaired) electrons. The fourth-order valence-corrected chi connectivity index (χ4v) is 3.68. The molecule has 4 rings (SSSR count). The summed E-state index contributed by atoms with van der Waals surface area (Å²) in [6.45, 7) is 8.05. The molecule has 3 aliphatic rings. The summed E-state index contributed by atoms with van der Waals surface area (Å²) in [6, 6.07) is 0.657. The minimum atomic E-state index is 0.657. The Bertz CT molecular complexity index is 509. The Kier molecular flexibility index (Phi) is 2.95. The minimum absolute atomic E-state index is 0.657. The minimum Gasteiger partial charge on any atom is -0.354 e. The molecular formula is C16H24N4. The Hall–Kier alpha value is -1.16. The van der Waals surface area contributed by atoms with Crippen molar-refractivity contribution < 1.29 is 0 Å². The zero-order chi connectivity index (χ0) is 13.7. The lowest BCUT2D eigenvalue weighted by atomic mass is 9.98. The summed E-state index contributed by atoms with van der Waals surface area (Å²) in [6.07, 6.45) is 5.97. The molecule has 2 fully saturated rings. The molecule has 0 bridgehead atoms. The lowest BCUT2D eigenvalue weighted by Gasteiger charge is -2.21. The standard InChI is InChI=1S/C16H24N4/c1-10(2)20-8-12-5-15-13(14(12)9-20)7-18-16(19-15)17-6-11-3-4-11/h7,10-12,14H,3-6,8-9H2,1-2H3,(H,17,18,19). The van der Waals surface area contributed by atoms with Crippen LogP contribution in [0.3, 0.4) is 0 Å². The quantitative estimate of drug-likeness (QED) is 0.913. The van der Waals surface area contributed by atoms with E-state index in [1.165, 1.54) is 37.2 Å². The topological polar surface area (TPSA) is 41.1 Å². The maximum Gasteiger partial charge on any atom is 0.222 e. The van der Waals surface area contributed by atoms with Crippen LogP contribution in [0.15, 0.2) is 6.20 Å². The highest BCUT2D eigenvalue weighted by Gasteiger charge is 2.41. The summed E-state index contributed by atoms with van der Waals surface area (Å²) in [5, 5.41) is 3.40. The van der Waals surface area contributed by atoms with Crippen LogP contribution in [0.25, 0.3) is 0 Å². The molecule has 4 heteroatoms. The number of anilines is 1. The molecule has 4 nitrogen and oxygen atoms in total. The van der Waals surface area contributed by atoms with E-state index in [2.05, 4.69) is 35.2 Å². The number of nitrogens with one attached hydrogen (secondary N) is 1. The van der Waals surface area contributed by atoms with Gasteiger partial charge in [0.2, 0.25) is 5.95 Å². The van der Waals surface area contributed by atoms with Gasteiger partial charge in [-0.25, -0.2) is 9.97 Å². The number of nitrogens with zero attached hydrogens (tertiary/aromatic N) is 3. The van der Waals surface area contributed by atoms with E-state index < -0.39 is 0 Å². The van der Waals surface area contributed by atoms with Crippen molar-refractivity contribution in [2.75, 3.05) is 25.0 Å². The van der Waals surface area contributed by atoms with Gasteiger partial charge in [0, 0.05) is 43.5 Å². The van der Waals surface area contributed by atoms with Crippen LogP contribution >= 0.6 is 0 Å². The molecule has 1 N–H and O–H groups in total. The Labute approximate surface area is 121 Å². The maximum atomic E-state index is 4.76. The van der Waals surface area contributed by atoms with Crippen LogP contribution < -0.4 is 5.32 Å². The Morgan fingerprint density at radius 1 is 1.35 bits per heavy atom. The van der Waals surface area contributed by atoms with E-state index in [1.54, 1.807) is 0 Å². The van der Waals surface area contributed by atoms with Crippen LogP contribution in [0.4, 0.5) is 5.95 Å². The fourth-order valence-electron chi connectivity index (χ4n) is 3.68. The van der Waals surface area contributed by atoms with Crippen molar-refractivity contribution in [3.8, 4) is 0 Å². The average Bonchev–Trinajstić information content (AvgIpc) is 3.06. The summed E-state index contributed by atoms with van der Waals surface area (Å²) < 4.78 is 0. The molecule has 0 aromatic carbocycles. The van der Waals surface area contributed by atoms with Crippen molar-refractivity contribution in [1.29, 1.82) is 0 Å². The van der Waals surface area contributed by atoms with E-state index in [4.69, 9.17) is 4.98 Å². The van der Waals surface area contributed by atoms with Crippen molar-refractivity contribution in [1.82, 2.24) is 14.9 Å². The van der Waals surface area contributed by atoms with Gasteiger partial charge in [0.1, 0.15) is 0 Å². The lowest BCUT2D eigenvalue weighted by Crippen LogP contribution is -2.29. The highest BCUT2D eigenvalue weighted by molar-refractivity contribution is 5.37. The maximum absolute atomic E-state index is 4.76. The first-order chi connectivity index (χ1) is 9.70. The second-order valence-electron chi connectivity index (χ2n) is 7.04. The van der Waals surface area contributed by atoms with Gasteiger partial charge in [-0.3, -0.25) is 0 Å². The van der Waals surface area contributed by atoms with Gasteiger partial charge >= 0.3 is 0 Å². The van der Waals surface area contributed by atoms with Crippen LogP contribution in [0.1, 0.15) is 43.9 Å². The number of aromatic nitrogens is 2. The molecule has 0 spiro atoms. The second kappa shape index (κ2) is 4.69. The van der Waals surface area contributed by atoms with Crippen LogP contribution in [0.5, 0.6) is 0 Å². The molecule has 2 atom stereocenters. The highest BCUT2D eigenvalue weighted by Crippen LogP contribution is 2.42. The van der Waals surface area contributed by atoms with Gasteiger partial charge in [-0.15, -0.1) is 0 Å².